The summed E-state index contributed by atoms with van der Waals surface area (Å²) in [4.78, 5) is 47.5. The molecular weight excluding hydrogens is 448 g/mol. The highest BCUT2D eigenvalue weighted by molar-refractivity contribution is 5.88. The molecule has 0 saturated heterocycles. The molecule has 2 unspecified atom stereocenters. The SMILES string of the molecule is CCCCCCCCC(CCCC(=O)O)C(=O)OC(=O)C(CCCCCCCC)CCCC(=O)O. The molecule has 0 aromatic rings. The molecule has 0 radical (unpaired) electrons. The number of hydrogen-bond acceptors (Lipinski definition) is 5. The van der Waals surface area contributed by atoms with E-state index in [-0.39, 0.29) is 12.8 Å². The molecule has 0 aromatic heterocycles. The van der Waals surface area contributed by atoms with Gasteiger partial charge in [0.1, 0.15) is 0 Å². The Labute approximate surface area is 212 Å². The van der Waals surface area contributed by atoms with Crippen LogP contribution in [0.25, 0.3) is 0 Å². The summed E-state index contributed by atoms with van der Waals surface area (Å²) >= 11 is 0. The van der Waals surface area contributed by atoms with Gasteiger partial charge >= 0.3 is 23.9 Å². The second-order valence-corrected chi connectivity index (χ2v) is 9.82. The van der Waals surface area contributed by atoms with Gasteiger partial charge in [0.25, 0.3) is 0 Å². The maximum absolute atomic E-state index is 12.8. The van der Waals surface area contributed by atoms with Gasteiger partial charge in [0.15, 0.2) is 0 Å². The molecule has 35 heavy (non-hydrogen) atoms. The van der Waals surface area contributed by atoms with Gasteiger partial charge in [-0.15, -0.1) is 0 Å². The summed E-state index contributed by atoms with van der Waals surface area (Å²) in [5, 5.41) is 17.9. The number of hydrogen-bond donors (Lipinski definition) is 2. The fraction of sp³-hybridized carbons (Fsp3) is 0.857. The molecule has 0 saturated carbocycles. The van der Waals surface area contributed by atoms with Crippen LogP contribution in [0.2, 0.25) is 0 Å². The molecule has 0 amide bonds. The minimum absolute atomic E-state index is 0.00985. The van der Waals surface area contributed by atoms with Gasteiger partial charge < -0.3 is 14.9 Å². The monoisotopic (exact) mass is 498 g/mol. The molecule has 0 aliphatic carbocycles. The Hall–Kier alpha value is -1.92. The van der Waals surface area contributed by atoms with Crippen LogP contribution in [0.3, 0.4) is 0 Å². The number of aliphatic carboxylic acids is 2. The van der Waals surface area contributed by atoms with Crippen LogP contribution in [0.5, 0.6) is 0 Å². The van der Waals surface area contributed by atoms with Crippen molar-refractivity contribution in [2.75, 3.05) is 0 Å². The second kappa shape index (κ2) is 22.5. The highest BCUT2D eigenvalue weighted by Gasteiger charge is 2.27. The number of carbonyl (C=O) groups is 4. The van der Waals surface area contributed by atoms with Crippen LogP contribution >= 0.6 is 0 Å². The summed E-state index contributed by atoms with van der Waals surface area (Å²) in [6, 6.07) is 0. The topological polar surface area (TPSA) is 118 Å². The second-order valence-electron chi connectivity index (χ2n) is 9.82. The Morgan fingerprint density at radius 2 is 0.829 bits per heavy atom. The molecule has 0 fully saturated rings. The molecule has 0 aliphatic rings. The Morgan fingerprint density at radius 1 is 0.514 bits per heavy atom. The van der Waals surface area contributed by atoms with E-state index < -0.39 is 35.7 Å². The number of rotatable bonds is 24. The van der Waals surface area contributed by atoms with Crippen molar-refractivity contribution in [3.63, 3.8) is 0 Å². The fourth-order valence-corrected chi connectivity index (χ4v) is 4.37. The average molecular weight is 499 g/mol. The van der Waals surface area contributed by atoms with Crippen molar-refractivity contribution >= 4 is 23.9 Å². The van der Waals surface area contributed by atoms with E-state index in [1.807, 2.05) is 0 Å². The van der Waals surface area contributed by atoms with E-state index in [2.05, 4.69) is 13.8 Å². The molecule has 2 atom stereocenters. The smallest absolute Gasteiger partial charge is 0.316 e. The first kappa shape index (κ1) is 33.1. The number of carboxylic acid groups (broad SMARTS) is 2. The number of carbonyl (C=O) groups excluding carboxylic acids is 2. The lowest BCUT2D eigenvalue weighted by molar-refractivity contribution is -0.166. The van der Waals surface area contributed by atoms with E-state index in [0.717, 1.165) is 38.5 Å². The van der Waals surface area contributed by atoms with Crippen molar-refractivity contribution in [1.82, 2.24) is 0 Å². The maximum atomic E-state index is 12.8. The molecule has 0 bridgehead atoms. The van der Waals surface area contributed by atoms with Crippen LogP contribution in [0, 0.1) is 11.8 Å². The molecular formula is C28H50O7. The summed E-state index contributed by atoms with van der Waals surface area (Å²) in [5.41, 5.74) is 0. The molecule has 7 heteroatoms. The van der Waals surface area contributed by atoms with Gasteiger partial charge in [-0.2, -0.15) is 0 Å². The van der Waals surface area contributed by atoms with E-state index in [4.69, 9.17) is 14.9 Å². The Kier molecular flexibility index (Phi) is 21.3. The quantitative estimate of drug-likeness (QED) is 0.0814. The average Bonchev–Trinajstić information content (AvgIpc) is 2.80. The van der Waals surface area contributed by atoms with Gasteiger partial charge in [-0.05, 0) is 38.5 Å². The highest BCUT2D eigenvalue weighted by Crippen LogP contribution is 2.23. The first-order chi connectivity index (χ1) is 16.8. The van der Waals surface area contributed by atoms with E-state index in [1.165, 1.54) is 38.5 Å². The van der Waals surface area contributed by atoms with Gasteiger partial charge in [-0.1, -0.05) is 90.9 Å². The van der Waals surface area contributed by atoms with E-state index >= 15 is 0 Å². The minimum Gasteiger partial charge on any atom is -0.481 e. The van der Waals surface area contributed by atoms with Crippen LogP contribution in [0.1, 0.15) is 142 Å². The molecule has 0 rings (SSSR count). The summed E-state index contributed by atoms with van der Waals surface area (Å²) in [7, 11) is 0. The van der Waals surface area contributed by atoms with Crippen molar-refractivity contribution in [2.24, 2.45) is 11.8 Å². The van der Waals surface area contributed by atoms with Gasteiger partial charge in [-0.3, -0.25) is 19.2 Å². The van der Waals surface area contributed by atoms with Crippen molar-refractivity contribution < 1.29 is 34.1 Å². The zero-order chi connectivity index (χ0) is 26.3. The number of ether oxygens (including phenoxy) is 1. The third-order valence-electron chi connectivity index (χ3n) is 6.57. The zero-order valence-corrected chi connectivity index (χ0v) is 22.2. The van der Waals surface area contributed by atoms with Crippen LogP contribution < -0.4 is 0 Å². The molecule has 2 N–H and O–H groups in total. The molecule has 7 nitrogen and oxygen atoms in total. The third-order valence-corrected chi connectivity index (χ3v) is 6.57. The minimum atomic E-state index is -0.898. The Balaban J connectivity index is 4.86. The number of esters is 2. The first-order valence-corrected chi connectivity index (χ1v) is 14.0. The lowest BCUT2D eigenvalue weighted by Gasteiger charge is -2.19. The van der Waals surface area contributed by atoms with Crippen molar-refractivity contribution in [2.45, 2.75) is 142 Å². The van der Waals surface area contributed by atoms with Crippen molar-refractivity contribution in [3.05, 3.63) is 0 Å². The van der Waals surface area contributed by atoms with Crippen LogP contribution in [-0.2, 0) is 23.9 Å². The molecule has 0 aliphatic heterocycles. The largest absolute Gasteiger partial charge is 0.481 e. The van der Waals surface area contributed by atoms with E-state index in [0.29, 0.717) is 38.5 Å². The van der Waals surface area contributed by atoms with E-state index in [9.17, 15) is 19.2 Å². The van der Waals surface area contributed by atoms with Crippen LogP contribution in [0.4, 0.5) is 0 Å². The number of carboxylic acids is 2. The number of unbranched alkanes of at least 4 members (excludes halogenated alkanes) is 10. The summed E-state index contributed by atoms with van der Waals surface area (Å²) in [6.07, 6.45) is 15.7. The lowest BCUT2D eigenvalue weighted by Crippen LogP contribution is -2.26. The highest BCUT2D eigenvalue weighted by atomic mass is 16.6. The van der Waals surface area contributed by atoms with Gasteiger partial charge in [-0.25, -0.2) is 0 Å². The van der Waals surface area contributed by atoms with Gasteiger partial charge in [0.2, 0.25) is 0 Å². The maximum Gasteiger partial charge on any atom is 0.316 e. The Morgan fingerprint density at radius 3 is 1.17 bits per heavy atom. The van der Waals surface area contributed by atoms with Crippen molar-refractivity contribution in [1.29, 1.82) is 0 Å². The molecule has 0 heterocycles. The normalized spacial score (nSPS) is 12.7. The zero-order valence-electron chi connectivity index (χ0n) is 22.2. The van der Waals surface area contributed by atoms with Crippen LogP contribution in [-0.4, -0.2) is 34.1 Å². The van der Waals surface area contributed by atoms with Gasteiger partial charge in [0.05, 0.1) is 11.8 Å². The fourth-order valence-electron chi connectivity index (χ4n) is 4.37. The summed E-state index contributed by atoms with van der Waals surface area (Å²) in [5.74, 6) is -3.85. The van der Waals surface area contributed by atoms with Crippen molar-refractivity contribution in [3.8, 4) is 0 Å². The van der Waals surface area contributed by atoms with E-state index in [1.54, 1.807) is 0 Å². The molecule has 0 spiro atoms. The predicted molar refractivity (Wildman–Crippen MR) is 137 cm³/mol. The summed E-state index contributed by atoms with van der Waals surface area (Å²) < 4.78 is 5.31. The lowest BCUT2D eigenvalue weighted by atomic mass is 9.93. The standard InChI is InChI=1S/C28H50O7/c1-3-5-7-9-11-13-17-23(19-15-21-25(29)30)27(33)35-28(34)24(20-16-22-26(31)32)18-14-12-10-8-6-4-2/h23-24H,3-22H2,1-2H3,(H,29,30)(H,31,32). The third kappa shape index (κ3) is 20.0. The molecule has 0 aromatic carbocycles. The Bertz CT molecular complexity index is 538. The first-order valence-electron chi connectivity index (χ1n) is 14.0. The summed E-state index contributed by atoms with van der Waals surface area (Å²) in [6.45, 7) is 4.32. The van der Waals surface area contributed by atoms with Crippen LogP contribution in [0.15, 0.2) is 0 Å². The predicted octanol–water partition coefficient (Wildman–Crippen LogP) is 7.30. The molecule has 204 valence electrons. The van der Waals surface area contributed by atoms with Gasteiger partial charge in [0, 0.05) is 12.8 Å².